The first-order chi connectivity index (χ1) is 14.0. The minimum absolute atomic E-state index is 0.0133. The summed E-state index contributed by atoms with van der Waals surface area (Å²) in [6.07, 6.45) is 2.04. The molecule has 0 bridgehead atoms. The lowest BCUT2D eigenvalue weighted by Crippen LogP contribution is -2.41. The Morgan fingerprint density at radius 2 is 1.83 bits per heavy atom. The van der Waals surface area contributed by atoms with Crippen LogP contribution in [0.3, 0.4) is 0 Å². The summed E-state index contributed by atoms with van der Waals surface area (Å²) in [5, 5.41) is 0. The summed E-state index contributed by atoms with van der Waals surface area (Å²) in [4.78, 5) is 29.7. The van der Waals surface area contributed by atoms with Gasteiger partial charge in [0.25, 0.3) is 0 Å². The van der Waals surface area contributed by atoms with Crippen LogP contribution in [-0.4, -0.2) is 39.1 Å². The number of rotatable bonds is 4. The molecule has 2 aliphatic rings. The molecule has 0 saturated carbocycles. The van der Waals surface area contributed by atoms with Gasteiger partial charge in [0.2, 0.25) is 11.8 Å². The largest absolute Gasteiger partial charge is 0.495 e. The summed E-state index contributed by atoms with van der Waals surface area (Å²) in [7, 11) is 3.21. The van der Waals surface area contributed by atoms with Crippen molar-refractivity contribution in [2.45, 2.75) is 26.2 Å². The smallest absolute Gasteiger partial charge is 0.232 e. The third-order valence-electron chi connectivity index (χ3n) is 5.89. The highest BCUT2D eigenvalue weighted by molar-refractivity contribution is 6.06. The summed E-state index contributed by atoms with van der Waals surface area (Å²) in [5.74, 6) is 0.893. The number of aryl methyl sites for hydroxylation is 1. The van der Waals surface area contributed by atoms with E-state index in [1.54, 1.807) is 19.1 Å². The van der Waals surface area contributed by atoms with Gasteiger partial charge >= 0.3 is 0 Å². The Labute approximate surface area is 171 Å². The first kappa shape index (κ1) is 19.3. The summed E-state index contributed by atoms with van der Waals surface area (Å²) < 4.78 is 11.0. The van der Waals surface area contributed by atoms with E-state index in [9.17, 15) is 9.59 Å². The third-order valence-corrected chi connectivity index (χ3v) is 5.89. The van der Waals surface area contributed by atoms with Gasteiger partial charge in [-0.25, -0.2) is 0 Å². The van der Waals surface area contributed by atoms with Crippen LogP contribution in [0.15, 0.2) is 36.4 Å². The van der Waals surface area contributed by atoms with E-state index in [0.717, 1.165) is 29.7 Å². The number of para-hydroxylation sites is 2. The van der Waals surface area contributed by atoms with Crippen molar-refractivity contribution < 1.29 is 19.1 Å². The molecule has 0 spiro atoms. The Balaban J connectivity index is 1.63. The molecule has 1 fully saturated rings. The summed E-state index contributed by atoms with van der Waals surface area (Å²) >= 11 is 0. The molecule has 4 rings (SSSR count). The van der Waals surface area contributed by atoms with Crippen molar-refractivity contribution in [1.82, 2.24) is 0 Å². The molecule has 6 heteroatoms. The van der Waals surface area contributed by atoms with Crippen LogP contribution in [0.4, 0.5) is 11.4 Å². The molecule has 1 unspecified atom stereocenters. The van der Waals surface area contributed by atoms with Gasteiger partial charge in [0.1, 0.15) is 11.5 Å². The van der Waals surface area contributed by atoms with E-state index in [1.165, 1.54) is 0 Å². The Bertz CT molecular complexity index is 956. The molecule has 2 amide bonds. The molecule has 2 aliphatic heterocycles. The summed E-state index contributed by atoms with van der Waals surface area (Å²) in [6, 6.07) is 11.4. The molecular formula is C23H26N2O4. The number of hydrogen-bond donors (Lipinski definition) is 0. The van der Waals surface area contributed by atoms with Gasteiger partial charge in [-0.1, -0.05) is 18.2 Å². The predicted molar refractivity (Wildman–Crippen MR) is 112 cm³/mol. The number of carbonyl (C=O) groups is 2. The lowest BCUT2D eigenvalue weighted by molar-refractivity contribution is -0.124. The predicted octanol–water partition coefficient (Wildman–Crippen LogP) is 3.34. The second-order valence-electron chi connectivity index (χ2n) is 7.58. The van der Waals surface area contributed by atoms with Gasteiger partial charge in [0, 0.05) is 19.5 Å². The lowest BCUT2D eigenvalue weighted by atomic mass is 9.94. The van der Waals surface area contributed by atoms with Crippen molar-refractivity contribution in [3.05, 3.63) is 47.5 Å². The van der Waals surface area contributed by atoms with E-state index in [0.29, 0.717) is 30.3 Å². The monoisotopic (exact) mass is 394 g/mol. The van der Waals surface area contributed by atoms with Crippen LogP contribution >= 0.6 is 0 Å². The molecule has 0 aliphatic carbocycles. The van der Waals surface area contributed by atoms with Crippen LogP contribution in [-0.2, 0) is 16.0 Å². The first-order valence-corrected chi connectivity index (χ1v) is 9.96. The van der Waals surface area contributed by atoms with Gasteiger partial charge in [0.15, 0.2) is 0 Å². The van der Waals surface area contributed by atoms with Crippen LogP contribution in [0.25, 0.3) is 0 Å². The average Bonchev–Trinajstić information content (AvgIpc) is 3.14. The first-order valence-electron chi connectivity index (χ1n) is 9.96. The second kappa shape index (κ2) is 7.78. The fourth-order valence-corrected chi connectivity index (χ4v) is 4.42. The molecule has 0 N–H and O–H groups in total. The second-order valence-corrected chi connectivity index (χ2v) is 7.58. The van der Waals surface area contributed by atoms with Crippen LogP contribution in [0.1, 0.15) is 24.0 Å². The van der Waals surface area contributed by atoms with Gasteiger partial charge in [-0.15, -0.1) is 0 Å². The highest BCUT2D eigenvalue weighted by atomic mass is 16.5. The molecule has 1 saturated heterocycles. The summed E-state index contributed by atoms with van der Waals surface area (Å²) in [6.45, 7) is 3.07. The number of fused-ring (bicyclic) bond motifs is 1. The SMILES string of the molecule is COc1ccccc1N1CC(C(=O)N2CCCc3c(C)ccc(OC)c32)CC1=O. The number of ether oxygens (including phenoxy) is 2. The summed E-state index contributed by atoms with van der Waals surface area (Å²) in [5.41, 5.74) is 3.90. The van der Waals surface area contributed by atoms with Gasteiger partial charge in [-0.2, -0.15) is 0 Å². The van der Waals surface area contributed by atoms with Crippen LogP contribution in [0, 0.1) is 12.8 Å². The topological polar surface area (TPSA) is 59.1 Å². The van der Waals surface area contributed by atoms with E-state index in [4.69, 9.17) is 9.47 Å². The maximum Gasteiger partial charge on any atom is 0.232 e. The van der Waals surface area contributed by atoms with Crippen molar-refractivity contribution in [2.24, 2.45) is 5.92 Å². The number of nitrogens with zero attached hydrogens (tertiary/aromatic N) is 2. The maximum absolute atomic E-state index is 13.5. The molecule has 0 radical (unpaired) electrons. The van der Waals surface area contributed by atoms with Gasteiger partial charge < -0.3 is 19.3 Å². The molecule has 29 heavy (non-hydrogen) atoms. The molecule has 152 valence electrons. The van der Waals surface area contributed by atoms with Crippen LogP contribution in [0.2, 0.25) is 0 Å². The van der Waals surface area contributed by atoms with E-state index in [2.05, 4.69) is 6.92 Å². The van der Waals surface area contributed by atoms with Gasteiger partial charge in [-0.05, 0) is 49.1 Å². The van der Waals surface area contributed by atoms with Gasteiger partial charge in [-0.3, -0.25) is 9.59 Å². The number of methoxy groups -OCH3 is 2. The normalized spacial score (nSPS) is 18.6. The molecule has 2 aromatic carbocycles. The molecule has 2 heterocycles. The highest BCUT2D eigenvalue weighted by Gasteiger charge is 2.40. The van der Waals surface area contributed by atoms with E-state index >= 15 is 0 Å². The Hall–Kier alpha value is -3.02. The zero-order valence-electron chi connectivity index (χ0n) is 17.1. The van der Waals surface area contributed by atoms with Crippen LogP contribution in [0.5, 0.6) is 11.5 Å². The fourth-order valence-electron chi connectivity index (χ4n) is 4.42. The number of benzene rings is 2. The minimum Gasteiger partial charge on any atom is -0.495 e. The number of anilines is 2. The average molecular weight is 394 g/mol. The van der Waals surface area contributed by atoms with Crippen molar-refractivity contribution in [2.75, 3.05) is 37.1 Å². The fraction of sp³-hybridized carbons (Fsp3) is 0.391. The van der Waals surface area contributed by atoms with Crippen molar-refractivity contribution in [3.8, 4) is 11.5 Å². The minimum atomic E-state index is -0.386. The Morgan fingerprint density at radius 3 is 2.59 bits per heavy atom. The maximum atomic E-state index is 13.5. The molecule has 2 aromatic rings. The molecule has 6 nitrogen and oxygen atoms in total. The van der Waals surface area contributed by atoms with E-state index in [1.807, 2.05) is 41.3 Å². The number of amides is 2. The standard InChI is InChI=1S/C23H26N2O4/c1-15-10-11-20(29-3)22-17(15)7-6-12-24(22)23(27)16-13-21(26)25(14-16)18-8-4-5-9-19(18)28-2/h4-5,8-11,16H,6-7,12-14H2,1-3H3. The highest BCUT2D eigenvalue weighted by Crippen LogP contribution is 2.40. The molecule has 1 atom stereocenters. The third kappa shape index (κ3) is 3.33. The molecule has 0 aromatic heterocycles. The molecular weight excluding hydrogens is 368 g/mol. The Kier molecular flexibility index (Phi) is 5.18. The number of hydrogen-bond acceptors (Lipinski definition) is 4. The number of carbonyl (C=O) groups excluding carboxylic acids is 2. The van der Waals surface area contributed by atoms with E-state index < -0.39 is 0 Å². The Morgan fingerprint density at radius 1 is 1.07 bits per heavy atom. The lowest BCUT2D eigenvalue weighted by Gasteiger charge is -2.33. The van der Waals surface area contributed by atoms with Crippen molar-refractivity contribution in [3.63, 3.8) is 0 Å². The van der Waals surface area contributed by atoms with Crippen molar-refractivity contribution in [1.29, 1.82) is 0 Å². The zero-order valence-corrected chi connectivity index (χ0v) is 17.1. The van der Waals surface area contributed by atoms with Crippen molar-refractivity contribution >= 4 is 23.2 Å². The van der Waals surface area contributed by atoms with E-state index in [-0.39, 0.29) is 24.2 Å². The van der Waals surface area contributed by atoms with Gasteiger partial charge in [0.05, 0.1) is 31.5 Å². The zero-order chi connectivity index (χ0) is 20.5. The van der Waals surface area contributed by atoms with Crippen LogP contribution < -0.4 is 19.3 Å². The quantitative estimate of drug-likeness (QED) is 0.798.